The quantitative estimate of drug-likeness (QED) is 0.366. The highest BCUT2D eigenvalue weighted by Gasteiger charge is 2.32. The summed E-state index contributed by atoms with van der Waals surface area (Å²) in [6.45, 7) is 1.06. The fourth-order valence-electron chi connectivity index (χ4n) is 3.09. The molecule has 2 N–H and O–H groups in total. The summed E-state index contributed by atoms with van der Waals surface area (Å²) in [6.07, 6.45) is -6.79. The Bertz CT molecular complexity index is 998. The summed E-state index contributed by atoms with van der Waals surface area (Å²) < 4.78 is 77.4. The summed E-state index contributed by atoms with van der Waals surface area (Å²) in [7, 11) is 0. The molecule has 0 bridgehead atoms. The highest BCUT2D eigenvalue weighted by molar-refractivity contribution is 5.91. The minimum atomic E-state index is -4.43. The van der Waals surface area contributed by atoms with Gasteiger partial charge in [-0.1, -0.05) is 24.3 Å². The average molecular weight is 427 g/mol. The molecular formula is C21H19F6N3. The van der Waals surface area contributed by atoms with E-state index in [2.05, 4.69) is 15.6 Å². The Morgan fingerprint density at radius 2 is 1.60 bits per heavy atom. The molecule has 9 heteroatoms. The van der Waals surface area contributed by atoms with Crippen molar-refractivity contribution in [1.29, 1.82) is 0 Å². The smallest absolute Gasteiger partial charge is 0.384 e. The van der Waals surface area contributed by atoms with Crippen LogP contribution in [-0.4, -0.2) is 18.1 Å². The largest absolute Gasteiger partial charge is 0.416 e. The van der Waals surface area contributed by atoms with Crippen LogP contribution in [0, 0.1) is 0 Å². The van der Waals surface area contributed by atoms with E-state index >= 15 is 0 Å². The summed E-state index contributed by atoms with van der Waals surface area (Å²) in [5.74, 6) is 0. The second-order valence-electron chi connectivity index (χ2n) is 6.70. The number of alkyl halides is 6. The number of anilines is 1. The summed E-state index contributed by atoms with van der Waals surface area (Å²) in [6, 6.07) is 10.5. The number of hydrogen-bond acceptors (Lipinski definition) is 3. The predicted octanol–water partition coefficient (Wildman–Crippen LogP) is 5.86. The standard InChI is InChI=1S/C21H19F6N3/c22-20(23,24)15-6-7-16-18(8-11-30-19(16)12-15)29-10-3-9-28-13-14-4-1-2-5-17(14)21(25,26)27/h1-2,4-8,11-12,28H,3,9-10,13H2,(H,29,30). The van der Waals surface area contributed by atoms with Gasteiger partial charge in [0.1, 0.15) is 0 Å². The monoisotopic (exact) mass is 427 g/mol. The molecule has 0 atom stereocenters. The lowest BCUT2D eigenvalue weighted by molar-refractivity contribution is -0.138. The molecule has 0 fully saturated rings. The second-order valence-corrected chi connectivity index (χ2v) is 6.70. The summed E-state index contributed by atoms with van der Waals surface area (Å²) in [4.78, 5) is 3.99. The Morgan fingerprint density at radius 3 is 2.33 bits per heavy atom. The number of hydrogen-bond donors (Lipinski definition) is 2. The molecule has 0 spiro atoms. The van der Waals surface area contributed by atoms with Crippen molar-refractivity contribution >= 4 is 16.6 Å². The third kappa shape index (κ3) is 5.41. The number of nitrogens with zero attached hydrogens (tertiary/aromatic N) is 1. The minimum absolute atomic E-state index is 0.0914. The van der Waals surface area contributed by atoms with Gasteiger partial charge in [0, 0.05) is 30.4 Å². The maximum atomic E-state index is 13.0. The molecule has 30 heavy (non-hydrogen) atoms. The number of pyridine rings is 1. The van der Waals surface area contributed by atoms with Crippen molar-refractivity contribution in [2.24, 2.45) is 0 Å². The van der Waals surface area contributed by atoms with Crippen molar-refractivity contribution < 1.29 is 26.3 Å². The zero-order chi connectivity index (χ0) is 21.8. The number of halogens is 6. The first-order valence-electron chi connectivity index (χ1n) is 9.22. The van der Waals surface area contributed by atoms with E-state index < -0.39 is 23.5 Å². The van der Waals surface area contributed by atoms with Gasteiger partial charge in [-0.3, -0.25) is 4.98 Å². The van der Waals surface area contributed by atoms with Crippen LogP contribution >= 0.6 is 0 Å². The molecule has 0 amide bonds. The second kappa shape index (κ2) is 8.91. The first kappa shape index (κ1) is 21.9. The molecule has 1 aromatic heterocycles. The number of nitrogens with one attached hydrogen (secondary N) is 2. The number of rotatable bonds is 7. The van der Waals surface area contributed by atoms with E-state index in [1.807, 2.05) is 0 Å². The van der Waals surface area contributed by atoms with Crippen molar-refractivity contribution in [2.45, 2.75) is 25.3 Å². The van der Waals surface area contributed by atoms with Gasteiger partial charge in [-0.15, -0.1) is 0 Å². The highest BCUT2D eigenvalue weighted by atomic mass is 19.4. The predicted molar refractivity (Wildman–Crippen MR) is 103 cm³/mol. The van der Waals surface area contributed by atoms with Crippen LogP contribution in [0.15, 0.2) is 54.7 Å². The zero-order valence-corrected chi connectivity index (χ0v) is 15.7. The highest BCUT2D eigenvalue weighted by Crippen LogP contribution is 2.33. The molecule has 2 aromatic carbocycles. The van der Waals surface area contributed by atoms with E-state index in [0.717, 1.165) is 18.2 Å². The number of fused-ring (bicyclic) bond motifs is 1. The van der Waals surface area contributed by atoms with Crippen LogP contribution < -0.4 is 10.6 Å². The zero-order valence-electron chi connectivity index (χ0n) is 15.7. The SMILES string of the molecule is FC(F)(F)c1ccc2c(NCCCNCc3ccccc3C(F)(F)F)ccnc2c1. The Balaban J connectivity index is 1.53. The normalized spacial score (nSPS) is 12.3. The first-order chi connectivity index (χ1) is 14.2. The van der Waals surface area contributed by atoms with Crippen LogP contribution in [0.2, 0.25) is 0 Å². The minimum Gasteiger partial charge on any atom is -0.384 e. The third-order valence-corrected chi connectivity index (χ3v) is 4.55. The molecule has 0 unspecified atom stereocenters. The molecular weight excluding hydrogens is 408 g/mol. The molecule has 3 nitrogen and oxygen atoms in total. The summed E-state index contributed by atoms with van der Waals surface area (Å²) in [5, 5.41) is 6.69. The van der Waals surface area contributed by atoms with Crippen LogP contribution in [0.3, 0.4) is 0 Å². The number of benzene rings is 2. The Kier molecular flexibility index (Phi) is 6.50. The van der Waals surface area contributed by atoms with Crippen molar-refractivity contribution in [3.63, 3.8) is 0 Å². The van der Waals surface area contributed by atoms with E-state index in [-0.39, 0.29) is 17.6 Å². The van der Waals surface area contributed by atoms with Gasteiger partial charge in [0.05, 0.1) is 16.6 Å². The number of aromatic nitrogens is 1. The van der Waals surface area contributed by atoms with Gasteiger partial charge in [-0.2, -0.15) is 26.3 Å². The molecule has 160 valence electrons. The molecule has 0 saturated carbocycles. The van der Waals surface area contributed by atoms with Gasteiger partial charge < -0.3 is 10.6 Å². The van der Waals surface area contributed by atoms with Gasteiger partial charge in [-0.25, -0.2) is 0 Å². The Hall–Kier alpha value is -2.81. The lowest BCUT2D eigenvalue weighted by Crippen LogP contribution is -2.20. The van der Waals surface area contributed by atoms with Crippen LogP contribution in [-0.2, 0) is 18.9 Å². The maximum absolute atomic E-state index is 13.0. The average Bonchev–Trinajstić information content (AvgIpc) is 2.69. The van der Waals surface area contributed by atoms with Gasteiger partial charge in [0.2, 0.25) is 0 Å². The first-order valence-corrected chi connectivity index (χ1v) is 9.22. The van der Waals surface area contributed by atoms with E-state index in [1.54, 1.807) is 12.1 Å². The fourth-order valence-corrected chi connectivity index (χ4v) is 3.09. The molecule has 0 radical (unpaired) electrons. The van der Waals surface area contributed by atoms with E-state index in [0.29, 0.717) is 30.6 Å². The third-order valence-electron chi connectivity index (χ3n) is 4.55. The van der Waals surface area contributed by atoms with Crippen molar-refractivity contribution in [1.82, 2.24) is 10.3 Å². The van der Waals surface area contributed by atoms with E-state index in [1.165, 1.54) is 24.4 Å². The fraction of sp³-hybridized carbons (Fsp3) is 0.286. The molecule has 3 aromatic rings. The molecule has 0 aliphatic rings. The molecule has 3 rings (SSSR count). The van der Waals surface area contributed by atoms with Gasteiger partial charge in [0.25, 0.3) is 0 Å². The van der Waals surface area contributed by atoms with Crippen LogP contribution in [0.4, 0.5) is 32.0 Å². The molecule has 1 heterocycles. The van der Waals surface area contributed by atoms with Gasteiger partial charge in [-0.05, 0) is 42.8 Å². The van der Waals surface area contributed by atoms with E-state index in [9.17, 15) is 26.3 Å². The summed E-state index contributed by atoms with van der Waals surface area (Å²) >= 11 is 0. The Labute approximate surface area is 169 Å². The maximum Gasteiger partial charge on any atom is 0.416 e. The van der Waals surface area contributed by atoms with Crippen molar-refractivity contribution in [3.05, 3.63) is 71.4 Å². The van der Waals surface area contributed by atoms with E-state index in [4.69, 9.17) is 0 Å². The lowest BCUT2D eigenvalue weighted by atomic mass is 10.1. The summed E-state index contributed by atoms with van der Waals surface area (Å²) in [5.41, 5.74) is -0.355. The van der Waals surface area contributed by atoms with Crippen LogP contribution in [0.5, 0.6) is 0 Å². The molecule has 0 aliphatic carbocycles. The van der Waals surface area contributed by atoms with Crippen molar-refractivity contribution in [2.75, 3.05) is 18.4 Å². The molecule has 0 saturated heterocycles. The van der Waals surface area contributed by atoms with Gasteiger partial charge >= 0.3 is 12.4 Å². The molecule has 0 aliphatic heterocycles. The lowest BCUT2D eigenvalue weighted by Gasteiger charge is -2.14. The van der Waals surface area contributed by atoms with Gasteiger partial charge in [0.15, 0.2) is 0 Å². The Morgan fingerprint density at radius 1 is 0.833 bits per heavy atom. The van der Waals surface area contributed by atoms with Crippen LogP contribution in [0.25, 0.3) is 10.9 Å². The topological polar surface area (TPSA) is 37.0 Å². The van der Waals surface area contributed by atoms with Crippen molar-refractivity contribution in [3.8, 4) is 0 Å². The van der Waals surface area contributed by atoms with Crippen LogP contribution in [0.1, 0.15) is 23.1 Å².